The molecular formula is C58H38N2. The summed E-state index contributed by atoms with van der Waals surface area (Å²) in [5.41, 5.74) is 16.7. The van der Waals surface area contributed by atoms with Gasteiger partial charge in [-0.15, -0.1) is 0 Å². The number of hydrogen-bond donors (Lipinski definition) is 0. The van der Waals surface area contributed by atoms with Crippen molar-refractivity contribution in [3.8, 4) is 44.5 Å². The lowest BCUT2D eigenvalue weighted by atomic mass is 9.89. The maximum Gasteiger partial charge on any atom is 0.0804 e. The summed E-state index contributed by atoms with van der Waals surface area (Å²) in [6.07, 6.45) is 0. The molecule has 0 spiro atoms. The van der Waals surface area contributed by atoms with Gasteiger partial charge in [-0.2, -0.15) is 0 Å². The lowest BCUT2D eigenvalue weighted by Gasteiger charge is -2.21. The smallest absolute Gasteiger partial charge is 0.0804 e. The molecule has 1 aliphatic heterocycles. The Morgan fingerprint density at radius 1 is 0.200 bits per heavy atom. The van der Waals surface area contributed by atoms with Gasteiger partial charge in [-0.05, 0) is 127 Å². The molecule has 280 valence electrons. The Kier molecular flexibility index (Phi) is 8.87. The van der Waals surface area contributed by atoms with Gasteiger partial charge in [0.2, 0.25) is 0 Å². The molecule has 0 aliphatic carbocycles. The normalized spacial score (nSPS) is 12.2. The molecule has 10 aromatic rings. The summed E-state index contributed by atoms with van der Waals surface area (Å²) in [6.45, 7) is 0. The van der Waals surface area contributed by atoms with Gasteiger partial charge in [0.25, 0.3) is 0 Å². The molecule has 0 saturated carbocycles. The van der Waals surface area contributed by atoms with E-state index in [4.69, 9.17) is 9.98 Å². The maximum absolute atomic E-state index is 5.81. The van der Waals surface area contributed by atoms with Crippen molar-refractivity contribution in [2.24, 2.45) is 9.98 Å². The van der Waals surface area contributed by atoms with Gasteiger partial charge in [0.05, 0.1) is 22.8 Å². The zero-order valence-electron chi connectivity index (χ0n) is 32.8. The standard InChI is InChI=1S/C58H38N2/c1-5-17-39(18-6-1)47-29-48(40-19-7-2-8-20-40)32-51(31-47)57-53-35-43-25-13-15-27-45(43)37-55(53)60-58(54-36-44-26-14-16-28-46(44)38-56(54)59-57)52-33-49(41-21-9-3-10-22-41)30-50(34-52)42-23-11-4-12-24-42/h1-38H. The van der Waals surface area contributed by atoms with Crippen LogP contribution in [0.5, 0.6) is 0 Å². The summed E-state index contributed by atoms with van der Waals surface area (Å²) in [4.78, 5) is 11.6. The molecule has 1 heterocycles. The number of fused-ring (bicyclic) bond motifs is 4. The van der Waals surface area contributed by atoms with Crippen LogP contribution in [0.3, 0.4) is 0 Å². The van der Waals surface area contributed by atoms with E-state index in [0.717, 1.165) is 111 Å². The van der Waals surface area contributed by atoms with Gasteiger partial charge < -0.3 is 0 Å². The van der Waals surface area contributed by atoms with E-state index in [1.54, 1.807) is 0 Å². The van der Waals surface area contributed by atoms with Crippen molar-refractivity contribution in [3.63, 3.8) is 0 Å². The second-order valence-electron chi connectivity index (χ2n) is 15.4. The second kappa shape index (κ2) is 15.1. The van der Waals surface area contributed by atoms with Crippen LogP contribution in [0.15, 0.2) is 241 Å². The molecule has 0 unspecified atom stereocenters. The van der Waals surface area contributed by atoms with Crippen molar-refractivity contribution >= 4 is 44.3 Å². The third-order valence-electron chi connectivity index (χ3n) is 11.5. The SMILES string of the molecule is c1ccc(-c2cc(C3=Nc4cc5ccccc5cc4C(c4cc(-c5ccccc5)cc(-c5ccccc5)c4)=Nc4cc5ccccc5cc43)cc(-c3ccccc3)c2)cc1. The Balaban J connectivity index is 1.23. The minimum Gasteiger partial charge on any atom is -0.247 e. The number of rotatable bonds is 6. The fraction of sp³-hybridized carbons (Fsp3) is 0. The molecule has 0 atom stereocenters. The molecule has 2 heteroatoms. The zero-order valence-corrected chi connectivity index (χ0v) is 32.8. The van der Waals surface area contributed by atoms with Crippen molar-refractivity contribution in [1.82, 2.24) is 0 Å². The first-order valence-corrected chi connectivity index (χ1v) is 20.5. The Morgan fingerprint density at radius 2 is 0.450 bits per heavy atom. The molecule has 60 heavy (non-hydrogen) atoms. The molecule has 0 N–H and O–H groups in total. The fourth-order valence-electron chi connectivity index (χ4n) is 8.54. The van der Waals surface area contributed by atoms with E-state index in [2.05, 4.69) is 231 Å². The Morgan fingerprint density at radius 3 is 0.750 bits per heavy atom. The van der Waals surface area contributed by atoms with Crippen LogP contribution in [0.25, 0.3) is 66.1 Å². The van der Waals surface area contributed by atoms with Gasteiger partial charge in [0, 0.05) is 22.3 Å². The predicted molar refractivity (Wildman–Crippen MR) is 253 cm³/mol. The topological polar surface area (TPSA) is 24.7 Å². The average Bonchev–Trinajstić information content (AvgIpc) is 3.32. The minimum atomic E-state index is 0.874. The molecule has 0 fully saturated rings. The Bertz CT molecular complexity index is 2940. The van der Waals surface area contributed by atoms with E-state index in [9.17, 15) is 0 Å². The summed E-state index contributed by atoms with van der Waals surface area (Å²) < 4.78 is 0. The molecule has 1 aliphatic rings. The Labute approximate surface area is 350 Å². The average molecular weight is 763 g/mol. The summed E-state index contributed by atoms with van der Waals surface area (Å²) in [7, 11) is 0. The van der Waals surface area contributed by atoms with Gasteiger partial charge in [-0.25, -0.2) is 9.98 Å². The van der Waals surface area contributed by atoms with Crippen LogP contribution < -0.4 is 0 Å². The van der Waals surface area contributed by atoms with Crippen LogP contribution in [-0.4, -0.2) is 11.4 Å². The molecule has 11 rings (SSSR count). The minimum absolute atomic E-state index is 0.874. The number of hydrogen-bond acceptors (Lipinski definition) is 2. The van der Waals surface area contributed by atoms with Crippen LogP contribution >= 0.6 is 0 Å². The first-order valence-electron chi connectivity index (χ1n) is 20.5. The molecule has 0 bridgehead atoms. The third kappa shape index (κ3) is 6.70. The highest BCUT2D eigenvalue weighted by molar-refractivity contribution is 6.25. The monoisotopic (exact) mass is 762 g/mol. The highest BCUT2D eigenvalue weighted by Gasteiger charge is 2.24. The van der Waals surface area contributed by atoms with E-state index >= 15 is 0 Å². The van der Waals surface area contributed by atoms with Crippen molar-refractivity contribution < 1.29 is 0 Å². The molecule has 0 radical (unpaired) electrons. The molecule has 0 saturated heterocycles. The van der Waals surface area contributed by atoms with Crippen molar-refractivity contribution in [2.75, 3.05) is 0 Å². The molecular weight excluding hydrogens is 725 g/mol. The lowest BCUT2D eigenvalue weighted by Crippen LogP contribution is -2.11. The first kappa shape index (κ1) is 35.2. The number of aliphatic imine (C=N–C) groups is 2. The zero-order chi connectivity index (χ0) is 39.8. The van der Waals surface area contributed by atoms with Gasteiger partial charge in [-0.1, -0.05) is 170 Å². The van der Waals surface area contributed by atoms with Gasteiger partial charge in [0.1, 0.15) is 0 Å². The molecule has 0 amide bonds. The molecule has 2 nitrogen and oxygen atoms in total. The lowest BCUT2D eigenvalue weighted by molar-refractivity contribution is 1.41. The summed E-state index contributed by atoms with van der Waals surface area (Å²) >= 11 is 0. The highest BCUT2D eigenvalue weighted by atomic mass is 14.8. The van der Waals surface area contributed by atoms with Crippen molar-refractivity contribution in [2.45, 2.75) is 0 Å². The van der Waals surface area contributed by atoms with E-state index in [1.807, 2.05) is 0 Å². The first-order chi connectivity index (χ1) is 29.7. The Hall–Kier alpha value is -7.94. The quantitative estimate of drug-likeness (QED) is 0.161. The van der Waals surface area contributed by atoms with E-state index in [-0.39, 0.29) is 0 Å². The van der Waals surface area contributed by atoms with E-state index < -0.39 is 0 Å². The largest absolute Gasteiger partial charge is 0.247 e. The van der Waals surface area contributed by atoms with Gasteiger partial charge in [0.15, 0.2) is 0 Å². The number of nitrogens with zero attached hydrogens (tertiary/aromatic N) is 2. The van der Waals surface area contributed by atoms with E-state index in [1.165, 1.54) is 0 Å². The highest BCUT2D eigenvalue weighted by Crippen LogP contribution is 2.40. The predicted octanol–water partition coefficient (Wildman–Crippen LogP) is 15.3. The van der Waals surface area contributed by atoms with Crippen LogP contribution in [0.4, 0.5) is 11.4 Å². The van der Waals surface area contributed by atoms with Crippen molar-refractivity contribution in [1.29, 1.82) is 0 Å². The fourth-order valence-corrected chi connectivity index (χ4v) is 8.54. The van der Waals surface area contributed by atoms with Gasteiger partial charge in [-0.3, -0.25) is 0 Å². The van der Waals surface area contributed by atoms with Crippen LogP contribution in [0.2, 0.25) is 0 Å². The molecule has 0 aromatic heterocycles. The summed E-state index contributed by atoms with van der Waals surface area (Å²) in [5.74, 6) is 0. The van der Waals surface area contributed by atoms with Crippen LogP contribution in [-0.2, 0) is 0 Å². The molecule has 10 aromatic carbocycles. The van der Waals surface area contributed by atoms with Gasteiger partial charge >= 0.3 is 0 Å². The van der Waals surface area contributed by atoms with Crippen LogP contribution in [0, 0.1) is 0 Å². The summed E-state index contributed by atoms with van der Waals surface area (Å²) in [5, 5.41) is 4.54. The van der Waals surface area contributed by atoms with Crippen LogP contribution in [0.1, 0.15) is 22.3 Å². The maximum atomic E-state index is 5.81. The third-order valence-corrected chi connectivity index (χ3v) is 11.5. The summed E-state index contributed by atoms with van der Waals surface area (Å²) in [6, 6.07) is 82.5. The number of benzene rings is 10. The second-order valence-corrected chi connectivity index (χ2v) is 15.4. The van der Waals surface area contributed by atoms with E-state index in [0.29, 0.717) is 0 Å². The van der Waals surface area contributed by atoms with Crippen molar-refractivity contribution in [3.05, 3.63) is 253 Å².